The number of nitrogens with zero attached hydrogens (tertiary/aromatic N) is 2. The number of aliphatic carboxylic acids is 2. The van der Waals surface area contributed by atoms with Crippen LogP contribution in [0.15, 0.2) is 82.1 Å². The molecule has 0 bridgehead atoms. The van der Waals surface area contributed by atoms with Crippen molar-refractivity contribution in [2.75, 3.05) is 11.5 Å². The average Bonchev–Trinajstić information content (AvgIpc) is 3.08. The van der Waals surface area contributed by atoms with Crippen LogP contribution in [0.4, 0.5) is 0 Å². The number of benzene rings is 2. The molecule has 4 amide bonds. The third kappa shape index (κ3) is 6.76. The summed E-state index contributed by atoms with van der Waals surface area (Å²) in [6, 6.07) is 11.2. The van der Waals surface area contributed by atoms with Crippen LogP contribution in [0.25, 0.3) is 0 Å². The van der Waals surface area contributed by atoms with Crippen LogP contribution in [-0.2, 0) is 28.8 Å². The number of rotatable bonds is 10. The second-order valence-electron chi connectivity index (χ2n) is 10.7. The normalized spacial score (nSPS) is 22.6. The predicted molar refractivity (Wildman–Crippen MR) is 178 cm³/mol. The maximum Gasteiger partial charge on any atom is 0.353 e. The van der Waals surface area contributed by atoms with Crippen molar-refractivity contribution in [1.29, 1.82) is 0 Å². The Morgan fingerprint density at radius 1 is 0.812 bits per heavy atom. The van der Waals surface area contributed by atoms with E-state index in [-0.39, 0.29) is 21.6 Å². The van der Waals surface area contributed by atoms with Gasteiger partial charge in [-0.05, 0) is 11.1 Å². The van der Waals surface area contributed by atoms with Crippen molar-refractivity contribution in [3.8, 4) is 0 Å². The molecule has 0 aromatic heterocycles. The highest BCUT2D eigenvalue weighted by molar-refractivity contribution is 8.00. The van der Waals surface area contributed by atoms with Gasteiger partial charge in [-0.1, -0.05) is 83.9 Å². The molecule has 2 aromatic carbocycles. The molecule has 48 heavy (non-hydrogen) atoms. The molecule has 0 spiro atoms. The van der Waals surface area contributed by atoms with Gasteiger partial charge in [0.1, 0.15) is 40.3 Å². The second kappa shape index (κ2) is 14.6. The van der Waals surface area contributed by atoms with Crippen molar-refractivity contribution in [2.45, 2.75) is 34.9 Å². The Balaban J connectivity index is 1.43. The van der Waals surface area contributed by atoms with E-state index in [1.54, 1.807) is 60.7 Å². The molecule has 252 valence electrons. The summed E-state index contributed by atoms with van der Waals surface area (Å²) >= 11 is 14.7. The van der Waals surface area contributed by atoms with Gasteiger partial charge in [0.25, 0.3) is 11.8 Å². The molecule has 8 N–H and O–H groups in total. The molecule has 3 aliphatic rings. The number of nitrogens with two attached hydrogens (primary N) is 2. The Kier molecular flexibility index (Phi) is 10.7. The van der Waals surface area contributed by atoms with Crippen molar-refractivity contribution in [2.24, 2.45) is 11.5 Å². The fourth-order valence-corrected chi connectivity index (χ4v) is 8.39. The van der Waals surface area contributed by atoms with E-state index >= 15 is 0 Å². The lowest BCUT2D eigenvalue weighted by atomic mass is 10.0. The summed E-state index contributed by atoms with van der Waals surface area (Å²) in [5.74, 6) is -6.92. The highest BCUT2D eigenvalue weighted by Crippen LogP contribution is 2.44. The lowest BCUT2D eigenvalue weighted by molar-refractivity contribution is -0.150. The number of amides is 4. The van der Waals surface area contributed by atoms with Gasteiger partial charge in [-0.25, -0.2) is 9.59 Å². The van der Waals surface area contributed by atoms with Gasteiger partial charge in [0, 0.05) is 11.5 Å². The molecule has 2 aromatic rings. The molecule has 1 saturated heterocycles. The van der Waals surface area contributed by atoms with E-state index in [1.807, 2.05) is 0 Å². The number of β-lactam (4-membered cyclic amide) rings is 1. The Morgan fingerprint density at radius 3 is 1.88 bits per heavy atom. The number of thioether (sulfide) groups is 2. The van der Waals surface area contributed by atoms with Crippen molar-refractivity contribution in [1.82, 2.24) is 20.4 Å². The Hall–Kier alpha value is -4.06. The Bertz CT molecular complexity index is 1730. The van der Waals surface area contributed by atoms with E-state index < -0.39 is 81.9 Å². The minimum atomic E-state index is -1.88. The third-order valence-corrected chi connectivity index (χ3v) is 11.2. The van der Waals surface area contributed by atoms with Crippen LogP contribution in [-0.4, -0.2) is 89.9 Å². The van der Waals surface area contributed by atoms with Crippen molar-refractivity contribution >= 4 is 82.3 Å². The first-order chi connectivity index (χ1) is 22.8. The van der Waals surface area contributed by atoms with E-state index in [0.29, 0.717) is 16.0 Å². The quantitative estimate of drug-likeness (QED) is 0.190. The van der Waals surface area contributed by atoms with Crippen molar-refractivity contribution in [3.63, 3.8) is 0 Å². The number of hydrogen-bond donors (Lipinski definition) is 6. The van der Waals surface area contributed by atoms with Gasteiger partial charge in [0.05, 0.1) is 10.1 Å². The predicted octanol–water partition coefficient (Wildman–Crippen LogP) is 1.24. The zero-order valence-corrected chi connectivity index (χ0v) is 27.8. The van der Waals surface area contributed by atoms with E-state index in [4.69, 9.17) is 34.7 Å². The molecule has 0 aliphatic carbocycles. The van der Waals surface area contributed by atoms with Crippen LogP contribution < -0.4 is 22.1 Å². The number of fused-ring (bicyclic) bond motifs is 1. The minimum absolute atomic E-state index is 0.00922. The number of hydrogen-bond acceptors (Lipinski definition) is 10. The highest BCUT2D eigenvalue weighted by Gasteiger charge is 2.56. The molecule has 3 aliphatic heterocycles. The SMILES string of the molecule is N[C@@H](C(=O)NC(C(=O)O)C1SCC(Cl)=C(C(=O)O)N1C(=O)C1=C(Cl)CS[C@@H]2[C@H](NC(=O)[C@H](N)c3ccccc3)C(=O)N12)c1ccccc1. The summed E-state index contributed by atoms with van der Waals surface area (Å²) in [4.78, 5) is 80.6. The first kappa shape index (κ1) is 35.3. The largest absolute Gasteiger partial charge is 0.480 e. The standard InChI is InChI=1S/C30H28Cl2N6O8S2/c31-15-11-47-27-19(35-23(39)17(33)13-7-3-1-4-8-13)25(41)37(27)21(15)26(42)38-22(30(45)46)16(32)12-48-28(38)20(29(43)44)36-24(40)18(34)14-9-5-2-6-10-14/h1-10,17-20,27-28H,11-12,33-34H2,(H,35,39)(H,36,40)(H,43,44)(H,45,46)/t17-,18-,19-,20?,27-,28?/m1/s1. The maximum atomic E-state index is 14.3. The molecule has 1 fully saturated rings. The van der Waals surface area contributed by atoms with Crippen LogP contribution >= 0.6 is 46.7 Å². The molecule has 5 rings (SSSR count). The van der Waals surface area contributed by atoms with E-state index in [9.17, 15) is 39.0 Å². The second-order valence-corrected chi connectivity index (χ2v) is 13.8. The number of carboxylic acid groups (broad SMARTS) is 2. The van der Waals surface area contributed by atoms with Crippen LogP contribution in [0, 0.1) is 0 Å². The van der Waals surface area contributed by atoms with Crippen molar-refractivity contribution < 1.29 is 39.0 Å². The summed E-state index contributed by atoms with van der Waals surface area (Å²) in [5, 5.41) is 22.5. The van der Waals surface area contributed by atoms with E-state index in [2.05, 4.69) is 10.6 Å². The zero-order chi connectivity index (χ0) is 34.9. The Labute approximate surface area is 291 Å². The maximum absolute atomic E-state index is 14.3. The van der Waals surface area contributed by atoms with Crippen LogP contribution in [0.5, 0.6) is 0 Å². The summed E-state index contributed by atoms with van der Waals surface area (Å²) in [6.07, 6.45) is 0. The van der Waals surface area contributed by atoms with Gasteiger partial charge < -0.3 is 32.3 Å². The molecule has 2 unspecified atom stereocenters. The minimum Gasteiger partial charge on any atom is -0.480 e. The smallest absolute Gasteiger partial charge is 0.353 e. The monoisotopic (exact) mass is 734 g/mol. The highest BCUT2D eigenvalue weighted by atomic mass is 35.5. The zero-order valence-electron chi connectivity index (χ0n) is 24.6. The number of nitrogens with one attached hydrogen (secondary N) is 2. The number of carbonyl (C=O) groups excluding carboxylic acids is 4. The summed E-state index contributed by atoms with van der Waals surface area (Å²) in [7, 11) is 0. The fraction of sp³-hybridized carbons (Fsp3) is 0.267. The topological polar surface area (TPSA) is 225 Å². The molecule has 18 heteroatoms. The van der Waals surface area contributed by atoms with E-state index in [0.717, 1.165) is 28.4 Å². The van der Waals surface area contributed by atoms with Gasteiger partial charge in [-0.15, -0.1) is 23.5 Å². The summed E-state index contributed by atoms with van der Waals surface area (Å²) in [6.45, 7) is 0. The lowest BCUT2D eigenvalue weighted by Crippen LogP contribution is -2.71. The van der Waals surface area contributed by atoms with Crippen LogP contribution in [0.1, 0.15) is 23.2 Å². The molecule has 0 radical (unpaired) electrons. The van der Waals surface area contributed by atoms with E-state index in [1.165, 1.54) is 0 Å². The third-order valence-electron chi connectivity index (χ3n) is 7.71. The van der Waals surface area contributed by atoms with Crippen molar-refractivity contribution in [3.05, 3.63) is 93.2 Å². The van der Waals surface area contributed by atoms with Gasteiger partial charge >= 0.3 is 11.9 Å². The molecular weight excluding hydrogens is 707 g/mol. The van der Waals surface area contributed by atoms with Gasteiger partial charge in [-0.3, -0.25) is 29.0 Å². The lowest BCUT2D eigenvalue weighted by Gasteiger charge is -2.50. The van der Waals surface area contributed by atoms with Crippen LogP contribution in [0.3, 0.4) is 0 Å². The molecule has 0 saturated carbocycles. The average molecular weight is 736 g/mol. The number of carbonyl (C=O) groups is 6. The van der Waals surface area contributed by atoms with Gasteiger partial charge in [0.15, 0.2) is 6.04 Å². The first-order valence-corrected chi connectivity index (χ1v) is 17.0. The first-order valence-electron chi connectivity index (χ1n) is 14.2. The number of carboxylic acids is 2. The summed E-state index contributed by atoms with van der Waals surface area (Å²) in [5.41, 5.74) is 11.9. The fourth-order valence-electron chi connectivity index (χ4n) is 5.30. The van der Waals surface area contributed by atoms with Gasteiger partial charge in [-0.2, -0.15) is 0 Å². The summed E-state index contributed by atoms with van der Waals surface area (Å²) < 4.78 is 0. The molecule has 6 atom stereocenters. The molecule has 3 heterocycles. The van der Waals surface area contributed by atoms with Crippen LogP contribution in [0.2, 0.25) is 0 Å². The molecule has 14 nitrogen and oxygen atoms in total. The molecular formula is C30H28Cl2N6O8S2. The number of halogens is 2. The van der Waals surface area contributed by atoms with Gasteiger partial charge in [0.2, 0.25) is 11.8 Å². The Morgan fingerprint density at radius 2 is 1.33 bits per heavy atom.